The van der Waals surface area contributed by atoms with Crippen molar-refractivity contribution >= 4 is 22.3 Å². The van der Waals surface area contributed by atoms with E-state index in [0.29, 0.717) is 24.2 Å². The van der Waals surface area contributed by atoms with Crippen LogP contribution in [0.2, 0.25) is 0 Å². The minimum absolute atomic E-state index is 0.292. The summed E-state index contributed by atoms with van der Waals surface area (Å²) in [5.41, 5.74) is 4.13. The van der Waals surface area contributed by atoms with E-state index in [-0.39, 0.29) is 0 Å². The van der Waals surface area contributed by atoms with Gasteiger partial charge in [-0.25, -0.2) is 9.97 Å². The molecule has 0 bridgehead atoms. The third-order valence-electron chi connectivity index (χ3n) is 5.56. The van der Waals surface area contributed by atoms with Crippen LogP contribution in [0.4, 0.5) is 10.9 Å². The number of hydrogen-bond donors (Lipinski definition) is 1. The molecule has 1 unspecified atom stereocenters. The van der Waals surface area contributed by atoms with E-state index in [1.54, 1.807) is 29.7 Å². The van der Waals surface area contributed by atoms with Crippen LogP contribution in [-0.2, 0) is 6.54 Å². The van der Waals surface area contributed by atoms with E-state index in [9.17, 15) is 0 Å². The summed E-state index contributed by atoms with van der Waals surface area (Å²) in [6.45, 7) is 4.32. The predicted molar refractivity (Wildman–Crippen MR) is 114 cm³/mol. The van der Waals surface area contributed by atoms with Crippen molar-refractivity contribution in [2.24, 2.45) is 0 Å². The molecular formula is C22H21N5O2S. The molecule has 1 N–H and O–H groups in total. The molecule has 2 aromatic heterocycles. The molecule has 8 heteroatoms. The lowest BCUT2D eigenvalue weighted by atomic mass is 10.1. The van der Waals surface area contributed by atoms with E-state index in [1.807, 2.05) is 0 Å². The number of aromatic nitrogens is 2. The van der Waals surface area contributed by atoms with Crippen LogP contribution in [0.3, 0.4) is 0 Å². The first-order chi connectivity index (χ1) is 14.7. The zero-order valence-electron chi connectivity index (χ0n) is 16.6. The molecule has 2 aliphatic heterocycles. The fourth-order valence-corrected chi connectivity index (χ4v) is 4.76. The van der Waals surface area contributed by atoms with Gasteiger partial charge in [0.1, 0.15) is 5.82 Å². The van der Waals surface area contributed by atoms with Crippen LogP contribution in [-0.4, -0.2) is 28.2 Å². The minimum atomic E-state index is 0.292. The first-order valence-corrected chi connectivity index (χ1v) is 10.8. The maximum Gasteiger partial charge on any atom is 0.231 e. The minimum Gasteiger partial charge on any atom is -0.454 e. The second-order valence-corrected chi connectivity index (χ2v) is 8.36. The fraction of sp³-hybridized carbons (Fsp3) is 0.318. The molecule has 0 amide bonds. The average Bonchev–Trinajstić information content (AvgIpc) is 3.49. The Hall–Kier alpha value is -3.15. The Morgan fingerprint density at radius 3 is 3.03 bits per heavy atom. The molecule has 0 spiro atoms. The van der Waals surface area contributed by atoms with Crippen molar-refractivity contribution in [3.8, 4) is 17.6 Å². The maximum absolute atomic E-state index is 9.06. The van der Waals surface area contributed by atoms with Crippen molar-refractivity contribution in [3.05, 3.63) is 58.2 Å². The largest absolute Gasteiger partial charge is 0.454 e. The van der Waals surface area contributed by atoms with Gasteiger partial charge in [-0.05, 0) is 61.7 Å². The number of nitrogens with zero attached hydrogens (tertiary/aromatic N) is 4. The summed E-state index contributed by atoms with van der Waals surface area (Å²) in [6.07, 6.45) is 3.87. The Morgan fingerprint density at radius 2 is 2.17 bits per heavy atom. The number of likely N-dealkylation sites (tertiary alicyclic amines) is 1. The predicted octanol–water partition coefficient (Wildman–Crippen LogP) is 4.53. The highest BCUT2D eigenvalue weighted by atomic mass is 32.1. The maximum atomic E-state index is 9.06. The molecule has 7 nitrogen and oxygen atoms in total. The number of fused-ring (bicyclic) bond motifs is 1. The summed E-state index contributed by atoms with van der Waals surface area (Å²) >= 11 is 1.56. The van der Waals surface area contributed by atoms with E-state index in [0.717, 1.165) is 48.3 Å². The quantitative estimate of drug-likeness (QED) is 0.650. The molecule has 2 aliphatic rings. The highest BCUT2D eigenvalue weighted by molar-refractivity contribution is 7.13. The van der Waals surface area contributed by atoms with Crippen LogP contribution in [0.5, 0.6) is 11.5 Å². The number of nitriles is 1. The number of hydrogen-bond acceptors (Lipinski definition) is 8. The highest BCUT2D eigenvalue weighted by Gasteiger charge is 2.29. The number of thiazole rings is 1. The van der Waals surface area contributed by atoms with Crippen molar-refractivity contribution < 1.29 is 9.47 Å². The van der Waals surface area contributed by atoms with Crippen molar-refractivity contribution in [1.82, 2.24) is 14.9 Å². The van der Waals surface area contributed by atoms with Gasteiger partial charge >= 0.3 is 0 Å². The van der Waals surface area contributed by atoms with Crippen LogP contribution in [0.25, 0.3) is 0 Å². The van der Waals surface area contributed by atoms with Gasteiger partial charge in [0, 0.05) is 18.1 Å². The molecule has 3 aromatic rings. The molecule has 5 rings (SSSR count). The molecule has 1 atom stereocenters. The lowest BCUT2D eigenvalue weighted by Gasteiger charge is -2.24. The first kappa shape index (κ1) is 18.9. The van der Waals surface area contributed by atoms with Gasteiger partial charge in [-0.15, -0.1) is 11.3 Å². The monoisotopic (exact) mass is 419 g/mol. The average molecular weight is 420 g/mol. The number of pyridine rings is 1. The van der Waals surface area contributed by atoms with Gasteiger partial charge in [0.25, 0.3) is 0 Å². The molecule has 4 heterocycles. The molecule has 1 saturated heterocycles. The van der Waals surface area contributed by atoms with E-state index in [1.165, 1.54) is 11.1 Å². The lowest BCUT2D eigenvalue weighted by molar-refractivity contribution is 0.174. The van der Waals surface area contributed by atoms with Crippen LogP contribution in [0, 0.1) is 18.3 Å². The van der Waals surface area contributed by atoms with E-state index in [2.05, 4.69) is 45.7 Å². The van der Waals surface area contributed by atoms with Crippen LogP contribution < -0.4 is 14.8 Å². The van der Waals surface area contributed by atoms with Gasteiger partial charge in [0.05, 0.1) is 23.4 Å². The second-order valence-electron chi connectivity index (χ2n) is 7.50. The first-order valence-electron chi connectivity index (χ1n) is 9.91. The summed E-state index contributed by atoms with van der Waals surface area (Å²) in [7, 11) is 0. The van der Waals surface area contributed by atoms with Crippen LogP contribution in [0.1, 0.15) is 41.3 Å². The number of anilines is 2. The summed E-state index contributed by atoms with van der Waals surface area (Å²) in [4.78, 5) is 11.6. The van der Waals surface area contributed by atoms with E-state index in [4.69, 9.17) is 19.7 Å². The zero-order chi connectivity index (χ0) is 20.5. The van der Waals surface area contributed by atoms with Gasteiger partial charge in [-0.1, -0.05) is 0 Å². The third kappa shape index (κ3) is 3.70. The lowest BCUT2D eigenvalue weighted by Crippen LogP contribution is -2.23. The van der Waals surface area contributed by atoms with Crippen molar-refractivity contribution in [3.63, 3.8) is 0 Å². The molecule has 1 fully saturated rings. The molecule has 30 heavy (non-hydrogen) atoms. The molecule has 152 valence electrons. The van der Waals surface area contributed by atoms with Crippen LogP contribution in [0.15, 0.2) is 35.8 Å². The van der Waals surface area contributed by atoms with Crippen molar-refractivity contribution in [2.75, 3.05) is 18.7 Å². The number of ether oxygens (including phenoxy) is 2. The van der Waals surface area contributed by atoms with Gasteiger partial charge in [-0.2, -0.15) is 5.26 Å². The smallest absolute Gasteiger partial charge is 0.231 e. The second kappa shape index (κ2) is 7.94. The van der Waals surface area contributed by atoms with Gasteiger partial charge < -0.3 is 14.8 Å². The normalized spacial score (nSPS) is 17.8. The Bertz CT molecular complexity index is 1120. The Balaban J connectivity index is 1.32. The number of rotatable bonds is 5. The van der Waals surface area contributed by atoms with Crippen molar-refractivity contribution in [1.29, 1.82) is 5.26 Å². The van der Waals surface area contributed by atoms with Crippen LogP contribution >= 0.6 is 11.3 Å². The molecule has 0 aliphatic carbocycles. The Kier molecular flexibility index (Phi) is 4.99. The molecule has 1 aromatic carbocycles. The highest BCUT2D eigenvalue weighted by Crippen LogP contribution is 2.38. The fourth-order valence-electron chi connectivity index (χ4n) is 4.00. The third-order valence-corrected chi connectivity index (χ3v) is 6.33. The summed E-state index contributed by atoms with van der Waals surface area (Å²) in [5.74, 6) is 2.30. The van der Waals surface area contributed by atoms with Gasteiger partial charge in [-0.3, -0.25) is 4.90 Å². The number of nitrogens with one attached hydrogen (secondary N) is 1. The summed E-state index contributed by atoms with van der Waals surface area (Å²) < 4.78 is 11.0. The Labute approximate surface area is 178 Å². The van der Waals surface area contributed by atoms with Gasteiger partial charge in [0.15, 0.2) is 16.6 Å². The zero-order valence-corrected chi connectivity index (χ0v) is 17.4. The summed E-state index contributed by atoms with van der Waals surface area (Å²) in [6, 6.07) is 10.0. The summed E-state index contributed by atoms with van der Waals surface area (Å²) in [5, 5.41) is 15.2. The SMILES string of the molecule is Cc1cc2c(cc1CN1CCCC1c1csc(Nc3cc(C#N)ccn3)n1)OCO2. The molecular weight excluding hydrogens is 398 g/mol. The van der Waals surface area contributed by atoms with Gasteiger partial charge in [0.2, 0.25) is 6.79 Å². The van der Waals surface area contributed by atoms with E-state index < -0.39 is 0 Å². The van der Waals surface area contributed by atoms with Crippen molar-refractivity contribution in [2.45, 2.75) is 32.4 Å². The topological polar surface area (TPSA) is 83.3 Å². The Morgan fingerprint density at radius 1 is 1.30 bits per heavy atom. The number of benzene rings is 1. The van der Waals surface area contributed by atoms with E-state index >= 15 is 0 Å². The standard InChI is InChI=1S/C22H21N5O2S/c1-14-7-19-20(29-13-28-19)9-16(14)11-27-6-2-3-18(27)17-12-30-22(25-17)26-21-8-15(10-23)4-5-24-21/h4-5,7-9,12,18H,2-3,6,11,13H2,1H3,(H,24,25,26). The number of aryl methyl sites for hydroxylation is 1. The molecule has 0 radical (unpaired) electrons. The molecule has 0 saturated carbocycles.